The summed E-state index contributed by atoms with van der Waals surface area (Å²) in [4.78, 5) is 21.7. The molecule has 0 amide bonds. The smallest absolute Gasteiger partial charge is 0.319 e. The summed E-state index contributed by atoms with van der Waals surface area (Å²) in [6.45, 7) is 2.57. The van der Waals surface area contributed by atoms with Gasteiger partial charge >= 0.3 is 11.9 Å². The molecule has 0 aliphatic heterocycles. The van der Waals surface area contributed by atoms with Crippen LogP contribution in [0.1, 0.15) is 64.7 Å². The third kappa shape index (κ3) is 12.1. The Morgan fingerprint density at radius 1 is 1.05 bits per heavy atom. The van der Waals surface area contributed by atoms with E-state index in [2.05, 4.69) is 19.6 Å². The molecule has 0 fully saturated rings. The topological polar surface area (TPSA) is 63.6 Å². The van der Waals surface area contributed by atoms with Gasteiger partial charge in [-0.2, -0.15) is 12.6 Å². The van der Waals surface area contributed by atoms with E-state index < -0.39 is 17.2 Å². The van der Waals surface area contributed by atoms with Crippen molar-refractivity contribution in [2.75, 3.05) is 6.61 Å². The highest BCUT2D eigenvalue weighted by atomic mass is 32.1. The van der Waals surface area contributed by atoms with Gasteiger partial charge in [-0.1, -0.05) is 51.9 Å². The van der Waals surface area contributed by atoms with Gasteiger partial charge in [0.25, 0.3) is 0 Å². The van der Waals surface area contributed by atoms with Crippen molar-refractivity contribution in [3.8, 4) is 0 Å². The molecule has 0 aromatic rings. The van der Waals surface area contributed by atoms with Crippen LogP contribution in [0.4, 0.5) is 0 Å². The van der Waals surface area contributed by atoms with Crippen molar-refractivity contribution >= 4 is 24.6 Å². The fraction of sp³-hybridized carbons (Fsp3) is 0.857. The van der Waals surface area contributed by atoms with Gasteiger partial charge in [-0.25, -0.2) is 0 Å². The van der Waals surface area contributed by atoms with Crippen LogP contribution in [-0.4, -0.2) is 28.9 Å². The van der Waals surface area contributed by atoms with Crippen LogP contribution in [0.2, 0.25) is 0 Å². The minimum absolute atomic E-state index is 0.292. The summed E-state index contributed by atoms with van der Waals surface area (Å²) in [5.74, 6) is -1.57. The summed E-state index contributed by atoms with van der Waals surface area (Å²) in [6, 6.07) is 0. The zero-order valence-corrected chi connectivity index (χ0v) is 12.7. The van der Waals surface area contributed by atoms with E-state index in [-0.39, 0.29) is 6.42 Å². The maximum atomic E-state index is 11.3. The number of carbonyl (C=O) groups is 2. The minimum atomic E-state index is -1.04. The number of carboxylic acid groups (broad SMARTS) is 1. The number of hydrogen-bond acceptors (Lipinski definition) is 4. The normalized spacial score (nSPS) is 12.1. The lowest BCUT2D eigenvalue weighted by Gasteiger charge is -2.08. The molecule has 0 rings (SSSR count). The SMILES string of the molecule is CCCCCCCCCCOC(=O)C(S)CC(=O)O. The van der Waals surface area contributed by atoms with Gasteiger partial charge in [0.05, 0.1) is 13.0 Å². The predicted molar refractivity (Wildman–Crippen MR) is 78.6 cm³/mol. The lowest BCUT2D eigenvalue weighted by atomic mass is 10.1. The first-order chi connectivity index (χ1) is 9.07. The molecule has 1 atom stereocenters. The average Bonchev–Trinajstić information content (AvgIpc) is 2.35. The summed E-state index contributed by atoms with van der Waals surface area (Å²) < 4.78 is 4.97. The Hall–Kier alpha value is -0.710. The molecule has 1 N–H and O–H groups in total. The van der Waals surface area contributed by atoms with Crippen LogP contribution in [0.15, 0.2) is 0 Å². The molecule has 112 valence electrons. The van der Waals surface area contributed by atoms with Crippen molar-refractivity contribution < 1.29 is 19.4 Å². The van der Waals surface area contributed by atoms with Crippen molar-refractivity contribution in [1.29, 1.82) is 0 Å². The van der Waals surface area contributed by atoms with Crippen LogP contribution < -0.4 is 0 Å². The molecule has 0 aromatic carbocycles. The summed E-state index contributed by atoms with van der Waals surface area (Å²) in [5.41, 5.74) is 0. The number of unbranched alkanes of at least 4 members (excludes halogenated alkanes) is 7. The van der Waals surface area contributed by atoms with Crippen molar-refractivity contribution in [3.05, 3.63) is 0 Å². The fourth-order valence-corrected chi connectivity index (χ4v) is 1.98. The molecule has 0 radical (unpaired) electrons. The largest absolute Gasteiger partial charge is 0.481 e. The summed E-state index contributed by atoms with van der Waals surface area (Å²) in [5, 5.41) is 7.65. The molecule has 0 spiro atoms. The van der Waals surface area contributed by atoms with Crippen LogP contribution in [0, 0.1) is 0 Å². The van der Waals surface area contributed by atoms with Gasteiger partial charge in [0.1, 0.15) is 5.25 Å². The molecule has 19 heavy (non-hydrogen) atoms. The molecule has 0 bridgehead atoms. The van der Waals surface area contributed by atoms with E-state index in [0.29, 0.717) is 6.61 Å². The third-order valence-corrected chi connectivity index (χ3v) is 3.28. The molecule has 5 heteroatoms. The first-order valence-corrected chi connectivity index (χ1v) is 7.66. The maximum absolute atomic E-state index is 11.3. The monoisotopic (exact) mass is 290 g/mol. The lowest BCUT2D eigenvalue weighted by molar-refractivity contribution is -0.147. The molecule has 0 heterocycles. The van der Waals surface area contributed by atoms with Gasteiger partial charge in [-0.15, -0.1) is 0 Å². The Kier molecular flexibility index (Phi) is 11.9. The quantitative estimate of drug-likeness (QED) is 0.328. The summed E-state index contributed by atoms with van der Waals surface area (Å²) >= 11 is 3.90. The Morgan fingerprint density at radius 2 is 1.58 bits per heavy atom. The number of rotatable bonds is 12. The molecule has 0 aromatic heterocycles. The first kappa shape index (κ1) is 18.3. The number of aliphatic carboxylic acids is 1. The Bertz CT molecular complexity index is 256. The second-order valence-electron chi connectivity index (χ2n) is 4.76. The van der Waals surface area contributed by atoms with Crippen LogP contribution in [0.25, 0.3) is 0 Å². The molecule has 0 aliphatic rings. The van der Waals surface area contributed by atoms with Crippen LogP contribution >= 0.6 is 12.6 Å². The zero-order valence-electron chi connectivity index (χ0n) is 11.8. The molecule has 0 saturated heterocycles. The Balaban J connectivity index is 3.34. The van der Waals surface area contributed by atoms with E-state index in [9.17, 15) is 9.59 Å². The lowest BCUT2D eigenvalue weighted by Crippen LogP contribution is -2.21. The van der Waals surface area contributed by atoms with Gasteiger partial charge in [0.2, 0.25) is 0 Å². The Morgan fingerprint density at radius 3 is 2.11 bits per heavy atom. The second-order valence-corrected chi connectivity index (χ2v) is 5.38. The van der Waals surface area contributed by atoms with Crippen molar-refractivity contribution in [2.24, 2.45) is 0 Å². The predicted octanol–water partition coefficient (Wildman–Crippen LogP) is 3.44. The second kappa shape index (κ2) is 12.3. The summed E-state index contributed by atoms with van der Waals surface area (Å²) in [6.07, 6.45) is 9.17. The van der Waals surface area contributed by atoms with Crippen molar-refractivity contribution in [2.45, 2.75) is 70.0 Å². The van der Waals surface area contributed by atoms with Crippen LogP contribution in [0.5, 0.6) is 0 Å². The van der Waals surface area contributed by atoms with E-state index in [1.807, 2.05) is 0 Å². The first-order valence-electron chi connectivity index (χ1n) is 7.14. The molecule has 4 nitrogen and oxygen atoms in total. The standard InChI is InChI=1S/C14H26O4S/c1-2-3-4-5-6-7-8-9-10-18-14(17)12(19)11-13(15)16/h12,19H,2-11H2,1H3,(H,15,16). The number of thiol groups is 1. The van der Waals surface area contributed by atoms with Crippen molar-refractivity contribution in [3.63, 3.8) is 0 Å². The van der Waals surface area contributed by atoms with E-state index >= 15 is 0 Å². The van der Waals surface area contributed by atoms with Crippen LogP contribution in [0.3, 0.4) is 0 Å². The minimum Gasteiger partial charge on any atom is -0.481 e. The van der Waals surface area contributed by atoms with Gasteiger partial charge < -0.3 is 9.84 Å². The molecule has 1 unspecified atom stereocenters. The number of esters is 1. The summed E-state index contributed by atoms with van der Waals surface area (Å²) in [7, 11) is 0. The average molecular weight is 290 g/mol. The highest BCUT2D eigenvalue weighted by molar-refractivity contribution is 7.81. The molecular formula is C14H26O4S. The number of hydrogen-bond donors (Lipinski definition) is 2. The van der Waals surface area contributed by atoms with E-state index in [1.165, 1.54) is 38.5 Å². The van der Waals surface area contributed by atoms with Crippen LogP contribution in [-0.2, 0) is 14.3 Å². The van der Waals surface area contributed by atoms with E-state index in [4.69, 9.17) is 9.84 Å². The fourth-order valence-electron chi connectivity index (χ4n) is 1.75. The Labute approximate surface area is 121 Å². The van der Waals surface area contributed by atoms with Gasteiger partial charge in [0.15, 0.2) is 0 Å². The van der Waals surface area contributed by atoms with E-state index in [0.717, 1.165) is 12.8 Å². The van der Waals surface area contributed by atoms with Crippen molar-refractivity contribution in [1.82, 2.24) is 0 Å². The highest BCUT2D eigenvalue weighted by Crippen LogP contribution is 2.09. The number of carbonyl (C=O) groups excluding carboxylic acids is 1. The number of ether oxygens (including phenoxy) is 1. The highest BCUT2D eigenvalue weighted by Gasteiger charge is 2.18. The third-order valence-electron chi connectivity index (χ3n) is 2.88. The van der Waals surface area contributed by atoms with Gasteiger partial charge in [0, 0.05) is 0 Å². The van der Waals surface area contributed by atoms with E-state index in [1.54, 1.807) is 0 Å². The molecule has 0 saturated carbocycles. The maximum Gasteiger partial charge on any atom is 0.319 e. The number of carboxylic acids is 1. The zero-order chi connectivity index (χ0) is 14.5. The molecular weight excluding hydrogens is 264 g/mol. The van der Waals surface area contributed by atoms with Gasteiger partial charge in [-0.05, 0) is 6.42 Å². The van der Waals surface area contributed by atoms with Gasteiger partial charge in [-0.3, -0.25) is 9.59 Å². The molecule has 0 aliphatic carbocycles.